The van der Waals surface area contributed by atoms with Crippen molar-refractivity contribution in [3.05, 3.63) is 35.4 Å². The van der Waals surface area contributed by atoms with E-state index in [0.717, 1.165) is 18.9 Å². The molecule has 1 aliphatic rings. The van der Waals surface area contributed by atoms with E-state index in [4.69, 9.17) is 5.73 Å². The monoisotopic (exact) mass is 318 g/mol. The molecule has 0 radical (unpaired) electrons. The predicted molar refractivity (Wildman–Crippen MR) is 98.2 cm³/mol. The summed E-state index contributed by atoms with van der Waals surface area (Å²) in [6.45, 7) is 3.17. The van der Waals surface area contributed by atoms with Gasteiger partial charge in [0.05, 0.1) is 0 Å². The Hall–Kier alpha value is -1.35. The Morgan fingerprint density at radius 3 is 2.52 bits per heavy atom. The van der Waals surface area contributed by atoms with Crippen LogP contribution < -0.4 is 11.1 Å². The Kier molecular flexibility index (Phi) is 8.93. The Morgan fingerprint density at radius 1 is 1.22 bits per heavy atom. The molecule has 3 heteroatoms. The summed E-state index contributed by atoms with van der Waals surface area (Å²) in [6, 6.07) is 8.90. The number of hydrogen-bond donors (Lipinski definition) is 2. The van der Waals surface area contributed by atoms with E-state index in [9.17, 15) is 4.79 Å². The molecular weight excluding hydrogens is 284 g/mol. The lowest BCUT2D eigenvalue weighted by molar-refractivity contribution is -0.117. The summed E-state index contributed by atoms with van der Waals surface area (Å²) in [6.07, 6.45) is 9.50. The maximum atomic E-state index is 11.0. The first-order valence-corrected chi connectivity index (χ1v) is 8.73. The van der Waals surface area contributed by atoms with Crippen LogP contribution in [0.2, 0.25) is 0 Å². The quantitative estimate of drug-likeness (QED) is 0.755. The van der Waals surface area contributed by atoms with E-state index >= 15 is 0 Å². The van der Waals surface area contributed by atoms with Gasteiger partial charge >= 0.3 is 0 Å². The molecule has 23 heavy (non-hydrogen) atoms. The molecule has 1 aliphatic carbocycles. The first-order valence-electron chi connectivity index (χ1n) is 8.73. The molecule has 1 unspecified atom stereocenters. The molecule has 1 atom stereocenters. The van der Waals surface area contributed by atoms with Crippen molar-refractivity contribution >= 4 is 5.91 Å². The van der Waals surface area contributed by atoms with Gasteiger partial charge in [0, 0.05) is 19.0 Å². The molecule has 1 saturated carbocycles. The standard InChI is InChI=1S/C19H30N2O.CH4/c1-15(13-16-7-3-2-4-8-16)21-14-18-10-6-5-9-17(18)11-12-19(20)22;/h5-6,9-10,15-16,21H,2-4,7-8,11-14H2,1H3,(H2,20,22);1H4. The zero-order chi connectivity index (χ0) is 15.8. The van der Waals surface area contributed by atoms with Crippen molar-refractivity contribution in [3.63, 3.8) is 0 Å². The summed E-state index contributed by atoms with van der Waals surface area (Å²) in [7, 11) is 0. The fourth-order valence-corrected chi connectivity index (χ4v) is 3.52. The number of nitrogens with two attached hydrogens (primary N) is 1. The van der Waals surface area contributed by atoms with Gasteiger partial charge in [-0.3, -0.25) is 4.79 Å². The van der Waals surface area contributed by atoms with Gasteiger partial charge in [0.25, 0.3) is 0 Å². The van der Waals surface area contributed by atoms with Crippen molar-refractivity contribution < 1.29 is 4.79 Å². The first kappa shape index (κ1) is 19.7. The van der Waals surface area contributed by atoms with Crippen LogP contribution in [0.4, 0.5) is 0 Å². The summed E-state index contributed by atoms with van der Waals surface area (Å²) >= 11 is 0. The van der Waals surface area contributed by atoms with Crippen LogP contribution >= 0.6 is 0 Å². The highest BCUT2D eigenvalue weighted by atomic mass is 16.1. The molecule has 0 heterocycles. The molecule has 0 spiro atoms. The fraction of sp³-hybridized carbons (Fsp3) is 0.650. The highest BCUT2D eigenvalue weighted by Gasteiger charge is 2.16. The number of hydrogen-bond acceptors (Lipinski definition) is 2. The minimum Gasteiger partial charge on any atom is -0.370 e. The molecule has 3 N–H and O–H groups in total. The van der Waals surface area contributed by atoms with Gasteiger partial charge in [0.15, 0.2) is 0 Å². The number of benzene rings is 1. The smallest absolute Gasteiger partial charge is 0.217 e. The second kappa shape index (κ2) is 10.4. The van der Waals surface area contributed by atoms with Gasteiger partial charge in [-0.25, -0.2) is 0 Å². The van der Waals surface area contributed by atoms with Crippen LogP contribution in [-0.2, 0) is 17.8 Å². The SMILES string of the molecule is C.CC(CC1CCCCC1)NCc1ccccc1CCC(N)=O. The first-order chi connectivity index (χ1) is 10.6. The largest absolute Gasteiger partial charge is 0.370 e. The summed E-state index contributed by atoms with van der Waals surface area (Å²) in [5, 5.41) is 3.66. The van der Waals surface area contributed by atoms with E-state index in [1.54, 1.807) is 0 Å². The van der Waals surface area contributed by atoms with E-state index in [0.29, 0.717) is 12.5 Å². The van der Waals surface area contributed by atoms with Crippen LogP contribution in [0.1, 0.15) is 70.4 Å². The lowest BCUT2D eigenvalue weighted by Crippen LogP contribution is -2.29. The summed E-state index contributed by atoms with van der Waals surface area (Å²) in [5.41, 5.74) is 7.79. The molecule has 1 amide bonds. The highest BCUT2D eigenvalue weighted by Crippen LogP contribution is 2.27. The van der Waals surface area contributed by atoms with Gasteiger partial charge in [-0.2, -0.15) is 0 Å². The highest BCUT2D eigenvalue weighted by molar-refractivity contribution is 5.74. The second-order valence-corrected chi connectivity index (χ2v) is 6.76. The van der Waals surface area contributed by atoms with Crippen molar-refractivity contribution in [3.8, 4) is 0 Å². The maximum Gasteiger partial charge on any atom is 0.217 e. The van der Waals surface area contributed by atoms with Gasteiger partial charge in [-0.1, -0.05) is 63.8 Å². The third kappa shape index (κ3) is 7.17. The Balaban J connectivity index is 0.00000264. The molecule has 130 valence electrons. The molecule has 0 aliphatic heterocycles. The van der Waals surface area contributed by atoms with Crippen LogP contribution in [0.3, 0.4) is 0 Å². The van der Waals surface area contributed by atoms with Gasteiger partial charge in [-0.05, 0) is 36.8 Å². The summed E-state index contributed by atoms with van der Waals surface area (Å²) < 4.78 is 0. The minimum atomic E-state index is -0.228. The number of carbonyl (C=O) groups excluding carboxylic acids is 1. The number of aryl methyl sites for hydroxylation is 1. The van der Waals surface area contributed by atoms with E-state index in [1.165, 1.54) is 49.7 Å². The fourth-order valence-electron chi connectivity index (χ4n) is 3.52. The van der Waals surface area contributed by atoms with E-state index < -0.39 is 0 Å². The number of rotatable bonds is 8. The van der Waals surface area contributed by atoms with Crippen molar-refractivity contribution in [2.75, 3.05) is 0 Å². The van der Waals surface area contributed by atoms with E-state index in [-0.39, 0.29) is 13.3 Å². The molecule has 3 nitrogen and oxygen atoms in total. The van der Waals surface area contributed by atoms with Crippen molar-refractivity contribution in [1.82, 2.24) is 5.32 Å². The molecule has 0 bridgehead atoms. The second-order valence-electron chi connectivity index (χ2n) is 6.76. The third-order valence-corrected chi connectivity index (χ3v) is 4.81. The van der Waals surface area contributed by atoms with Crippen molar-refractivity contribution in [2.45, 2.75) is 78.3 Å². The average Bonchev–Trinajstić information content (AvgIpc) is 2.52. The van der Waals surface area contributed by atoms with Crippen molar-refractivity contribution in [2.24, 2.45) is 11.7 Å². The number of primary amides is 1. The zero-order valence-electron chi connectivity index (χ0n) is 13.8. The molecule has 0 saturated heterocycles. The summed E-state index contributed by atoms with van der Waals surface area (Å²) in [4.78, 5) is 11.0. The minimum absolute atomic E-state index is 0. The van der Waals surface area contributed by atoms with Crippen LogP contribution in [0, 0.1) is 5.92 Å². The van der Waals surface area contributed by atoms with Gasteiger partial charge in [-0.15, -0.1) is 0 Å². The van der Waals surface area contributed by atoms with Crippen LogP contribution in [-0.4, -0.2) is 11.9 Å². The lowest BCUT2D eigenvalue weighted by Gasteiger charge is -2.25. The molecular formula is C20H34N2O. The normalized spacial score (nSPS) is 16.6. The molecule has 0 aromatic heterocycles. The predicted octanol–water partition coefficient (Wildman–Crippen LogP) is 4.19. The Labute approximate surface area is 142 Å². The average molecular weight is 319 g/mol. The van der Waals surface area contributed by atoms with Crippen LogP contribution in [0.5, 0.6) is 0 Å². The number of amides is 1. The van der Waals surface area contributed by atoms with Gasteiger partial charge < -0.3 is 11.1 Å². The Morgan fingerprint density at radius 2 is 1.87 bits per heavy atom. The Bertz CT molecular complexity index is 466. The summed E-state index contributed by atoms with van der Waals surface area (Å²) in [5.74, 6) is 0.676. The van der Waals surface area contributed by atoms with Crippen LogP contribution in [0.25, 0.3) is 0 Å². The van der Waals surface area contributed by atoms with Crippen LogP contribution in [0.15, 0.2) is 24.3 Å². The third-order valence-electron chi connectivity index (χ3n) is 4.81. The maximum absolute atomic E-state index is 11.0. The molecule has 1 aromatic rings. The van der Waals surface area contributed by atoms with Gasteiger partial charge in [0.2, 0.25) is 5.91 Å². The zero-order valence-corrected chi connectivity index (χ0v) is 13.8. The molecule has 1 fully saturated rings. The molecule has 1 aromatic carbocycles. The lowest BCUT2D eigenvalue weighted by atomic mass is 9.85. The topological polar surface area (TPSA) is 55.1 Å². The van der Waals surface area contributed by atoms with E-state index in [2.05, 4.69) is 30.4 Å². The van der Waals surface area contributed by atoms with Crippen molar-refractivity contribution in [1.29, 1.82) is 0 Å². The van der Waals surface area contributed by atoms with E-state index in [1.807, 2.05) is 6.07 Å². The number of carbonyl (C=O) groups is 1. The van der Waals surface area contributed by atoms with Gasteiger partial charge in [0.1, 0.15) is 0 Å². The molecule has 2 rings (SSSR count). The number of nitrogens with one attached hydrogen (secondary N) is 1.